The van der Waals surface area contributed by atoms with E-state index >= 15 is 0 Å². The van der Waals surface area contributed by atoms with Crippen LogP contribution in [0.25, 0.3) is 0 Å². The Morgan fingerprint density at radius 1 is 1.25 bits per heavy atom. The van der Waals surface area contributed by atoms with Crippen molar-refractivity contribution < 1.29 is 24.4 Å². The number of hydrogen-bond donors (Lipinski definition) is 4. The molecule has 0 aromatic heterocycles. The molecule has 2 rings (SSSR count). The smallest absolute Gasteiger partial charge is 0.191 e. The van der Waals surface area contributed by atoms with Crippen LogP contribution in [0.15, 0.2) is 23.2 Å². The summed E-state index contributed by atoms with van der Waals surface area (Å²) >= 11 is 0. The number of methoxy groups -OCH3 is 2. The SMILES string of the molecule is CCNC(=NCC1(CCO)CCOC1)NCC(O)c1cc(OC)cc(OC)c1. The predicted molar refractivity (Wildman–Crippen MR) is 108 cm³/mol. The van der Waals surface area contributed by atoms with Gasteiger partial charge in [-0.2, -0.15) is 0 Å². The average molecular weight is 396 g/mol. The summed E-state index contributed by atoms with van der Waals surface area (Å²) in [6.45, 7) is 4.98. The van der Waals surface area contributed by atoms with E-state index in [2.05, 4.69) is 15.6 Å². The molecule has 1 aliphatic rings. The van der Waals surface area contributed by atoms with Crippen molar-refractivity contribution >= 4 is 5.96 Å². The quantitative estimate of drug-likeness (QED) is 0.347. The molecule has 0 saturated carbocycles. The van der Waals surface area contributed by atoms with Gasteiger partial charge in [0.1, 0.15) is 11.5 Å². The second-order valence-corrected chi connectivity index (χ2v) is 7.01. The summed E-state index contributed by atoms with van der Waals surface area (Å²) in [5.41, 5.74) is 0.580. The van der Waals surface area contributed by atoms with E-state index in [0.717, 1.165) is 6.42 Å². The lowest BCUT2D eigenvalue weighted by Crippen LogP contribution is -2.40. The van der Waals surface area contributed by atoms with Gasteiger partial charge in [0.25, 0.3) is 0 Å². The van der Waals surface area contributed by atoms with E-state index in [-0.39, 0.29) is 18.6 Å². The minimum absolute atomic E-state index is 0.115. The number of rotatable bonds is 10. The molecular formula is C20H33N3O5. The van der Waals surface area contributed by atoms with Crippen LogP contribution in [0.2, 0.25) is 0 Å². The number of nitrogens with zero attached hydrogens (tertiary/aromatic N) is 1. The Hall–Kier alpha value is -2.03. The monoisotopic (exact) mass is 395 g/mol. The minimum Gasteiger partial charge on any atom is -0.497 e. The minimum atomic E-state index is -0.755. The summed E-state index contributed by atoms with van der Waals surface area (Å²) in [6, 6.07) is 5.33. The Morgan fingerprint density at radius 3 is 2.50 bits per heavy atom. The van der Waals surface area contributed by atoms with Crippen LogP contribution in [0, 0.1) is 5.41 Å². The topological polar surface area (TPSA) is 105 Å². The van der Waals surface area contributed by atoms with Gasteiger partial charge in [0.15, 0.2) is 5.96 Å². The normalized spacial score (nSPS) is 20.7. The first-order valence-electron chi connectivity index (χ1n) is 9.67. The van der Waals surface area contributed by atoms with Crippen molar-refractivity contribution in [2.75, 3.05) is 53.7 Å². The maximum absolute atomic E-state index is 10.6. The number of guanidine groups is 1. The van der Waals surface area contributed by atoms with Crippen LogP contribution in [0.4, 0.5) is 0 Å². The van der Waals surface area contributed by atoms with E-state index in [9.17, 15) is 10.2 Å². The standard InChI is InChI=1S/C20H33N3O5/c1-4-21-19(23-13-20(5-7-24)6-8-28-14-20)22-12-18(25)15-9-16(26-2)11-17(10-15)27-3/h9-11,18,24-25H,4-8,12-14H2,1-3H3,(H2,21,22,23). The van der Waals surface area contributed by atoms with E-state index in [1.165, 1.54) is 0 Å². The van der Waals surface area contributed by atoms with Crippen LogP contribution in [0.5, 0.6) is 11.5 Å². The van der Waals surface area contributed by atoms with E-state index in [4.69, 9.17) is 14.2 Å². The first kappa shape index (κ1) is 22.3. The molecule has 0 radical (unpaired) electrons. The summed E-state index contributed by atoms with van der Waals surface area (Å²) in [7, 11) is 3.15. The third kappa shape index (κ3) is 6.25. The highest BCUT2D eigenvalue weighted by atomic mass is 16.5. The number of aliphatic imine (C=N–C) groups is 1. The zero-order valence-corrected chi connectivity index (χ0v) is 17.0. The van der Waals surface area contributed by atoms with Gasteiger partial charge >= 0.3 is 0 Å². The zero-order valence-electron chi connectivity index (χ0n) is 17.0. The van der Waals surface area contributed by atoms with Gasteiger partial charge in [-0.3, -0.25) is 4.99 Å². The van der Waals surface area contributed by atoms with Gasteiger partial charge in [0.2, 0.25) is 0 Å². The summed E-state index contributed by atoms with van der Waals surface area (Å²) in [6.07, 6.45) is 0.805. The average Bonchev–Trinajstić information content (AvgIpc) is 3.18. The van der Waals surface area contributed by atoms with Crippen molar-refractivity contribution in [1.82, 2.24) is 10.6 Å². The molecule has 0 amide bonds. The van der Waals surface area contributed by atoms with Gasteiger partial charge in [0, 0.05) is 37.8 Å². The van der Waals surface area contributed by atoms with Crippen LogP contribution >= 0.6 is 0 Å². The Labute approximate surface area is 166 Å². The Morgan fingerprint density at radius 2 is 1.96 bits per heavy atom. The molecule has 1 saturated heterocycles. The highest BCUT2D eigenvalue weighted by Crippen LogP contribution is 2.32. The molecule has 0 aliphatic carbocycles. The number of aliphatic hydroxyl groups is 2. The number of nitrogens with one attached hydrogen (secondary N) is 2. The zero-order chi connectivity index (χ0) is 20.4. The van der Waals surface area contributed by atoms with Crippen LogP contribution in [-0.2, 0) is 4.74 Å². The highest BCUT2D eigenvalue weighted by Gasteiger charge is 2.34. The lowest BCUT2D eigenvalue weighted by atomic mass is 9.84. The van der Waals surface area contributed by atoms with Gasteiger partial charge < -0.3 is 35.1 Å². The molecule has 0 bridgehead atoms. The molecule has 1 aromatic carbocycles. The molecule has 8 nitrogen and oxygen atoms in total. The Bertz CT molecular complexity index is 610. The molecule has 1 heterocycles. The third-order valence-corrected chi connectivity index (χ3v) is 4.97. The number of hydrogen-bond acceptors (Lipinski definition) is 6. The highest BCUT2D eigenvalue weighted by molar-refractivity contribution is 5.79. The molecule has 0 spiro atoms. The van der Waals surface area contributed by atoms with Crippen LogP contribution in [-0.4, -0.2) is 69.8 Å². The molecule has 2 unspecified atom stereocenters. The lowest BCUT2D eigenvalue weighted by molar-refractivity contribution is 0.131. The fourth-order valence-electron chi connectivity index (χ4n) is 3.21. The fraction of sp³-hybridized carbons (Fsp3) is 0.650. The lowest BCUT2D eigenvalue weighted by Gasteiger charge is -2.25. The third-order valence-electron chi connectivity index (χ3n) is 4.97. The first-order valence-corrected chi connectivity index (χ1v) is 9.67. The predicted octanol–water partition coefficient (Wildman–Crippen LogP) is 1.08. The molecule has 2 atom stereocenters. The second-order valence-electron chi connectivity index (χ2n) is 7.01. The van der Waals surface area contributed by atoms with Crippen molar-refractivity contribution in [3.8, 4) is 11.5 Å². The summed E-state index contributed by atoms with van der Waals surface area (Å²) < 4.78 is 16.0. The van der Waals surface area contributed by atoms with Crippen LogP contribution in [0.1, 0.15) is 31.4 Å². The largest absolute Gasteiger partial charge is 0.497 e. The van der Waals surface area contributed by atoms with Crippen molar-refractivity contribution in [3.63, 3.8) is 0 Å². The molecule has 1 aliphatic heterocycles. The van der Waals surface area contributed by atoms with Gasteiger partial charge in [-0.25, -0.2) is 0 Å². The van der Waals surface area contributed by atoms with Crippen LogP contribution in [0.3, 0.4) is 0 Å². The molecule has 1 aromatic rings. The second kappa shape index (κ2) is 11.1. The van der Waals surface area contributed by atoms with Crippen molar-refractivity contribution in [3.05, 3.63) is 23.8 Å². The Balaban J connectivity index is 2.02. The van der Waals surface area contributed by atoms with Gasteiger partial charge in [-0.1, -0.05) is 0 Å². The van der Waals surface area contributed by atoms with Crippen molar-refractivity contribution in [2.45, 2.75) is 25.9 Å². The van der Waals surface area contributed by atoms with Gasteiger partial charge in [-0.05, 0) is 37.5 Å². The van der Waals surface area contributed by atoms with Crippen molar-refractivity contribution in [2.24, 2.45) is 10.4 Å². The molecule has 158 valence electrons. The van der Waals surface area contributed by atoms with Gasteiger partial charge in [0.05, 0.1) is 33.5 Å². The first-order chi connectivity index (χ1) is 13.6. The van der Waals surface area contributed by atoms with Crippen LogP contribution < -0.4 is 20.1 Å². The Kier molecular flexibility index (Phi) is 8.82. The summed E-state index contributed by atoms with van der Waals surface area (Å²) in [5.74, 6) is 1.88. The number of aliphatic hydroxyl groups excluding tert-OH is 2. The molecule has 1 fully saturated rings. The van der Waals surface area contributed by atoms with E-state index in [1.807, 2.05) is 6.92 Å². The van der Waals surface area contributed by atoms with E-state index in [1.54, 1.807) is 32.4 Å². The summed E-state index contributed by atoms with van der Waals surface area (Å²) in [4.78, 5) is 4.66. The van der Waals surface area contributed by atoms with E-state index < -0.39 is 6.10 Å². The molecule has 8 heteroatoms. The molecular weight excluding hydrogens is 362 g/mol. The number of benzene rings is 1. The van der Waals surface area contributed by atoms with E-state index in [0.29, 0.717) is 55.7 Å². The summed E-state index contributed by atoms with van der Waals surface area (Å²) in [5, 5.41) is 26.3. The molecule has 28 heavy (non-hydrogen) atoms. The maximum atomic E-state index is 10.6. The number of ether oxygens (including phenoxy) is 3. The van der Waals surface area contributed by atoms with Crippen molar-refractivity contribution in [1.29, 1.82) is 0 Å². The maximum Gasteiger partial charge on any atom is 0.191 e. The fourth-order valence-corrected chi connectivity index (χ4v) is 3.21. The van der Waals surface area contributed by atoms with Gasteiger partial charge in [-0.15, -0.1) is 0 Å². The molecule has 4 N–H and O–H groups in total.